The monoisotopic (exact) mass is 172 g/mol. The van der Waals surface area contributed by atoms with Crippen molar-refractivity contribution < 1.29 is 4.42 Å². The van der Waals surface area contributed by atoms with Crippen LogP contribution in [0.5, 0.6) is 0 Å². The van der Waals surface area contributed by atoms with E-state index in [1.54, 1.807) is 0 Å². The lowest BCUT2D eigenvalue weighted by Crippen LogP contribution is -1.69. The van der Waals surface area contributed by atoms with Crippen molar-refractivity contribution in [2.75, 3.05) is 0 Å². The molecule has 13 heavy (non-hydrogen) atoms. The van der Waals surface area contributed by atoms with Crippen molar-refractivity contribution in [2.45, 2.75) is 13.8 Å². The molecule has 2 aromatic rings. The predicted molar refractivity (Wildman–Crippen MR) is 55.5 cm³/mol. The lowest BCUT2D eigenvalue weighted by molar-refractivity contribution is 0.599. The molecule has 0 N–H and O–H groups in total. The van der Waals surface area contributed by atoms with Crippen LogP contribution in [0, 0.1) is 0 Å². The molecule has 0 fully saturated rings. The van der Waals surface area contributed by atoms with Gasteiger partial charge >= 0.3 is 0 Å². The second-order valence-corrected chi connectivity index (χ2v) is 3.12. The van der Waals surface area contributed by atoms with Gasteiger partial charge in [-0.2, -0.15) is 0 Å². The fourth-order valence-electron chi connectivity index (χ4n) is 1.32. The number of allylic oxidation sites excluding steroid dienone is 2. The molecule has 0 aliphatic rings. The zero-order valence-electron chi connectivity index (χ0n) is 7.87. The Labute approximate surface area is 77.7 Å². The quantitative estimate of drug-likeness (QED) is 0.636. The largest absolute Gasteiger partial charge is 0.456 e. The van der Waals surface area contributed by atoms with E-state index < -0.39 is 0 Å². The fourth-order valence-corrected chi connectivity index (χ4v) is 1.32. The maximum absolute atomic E-state index is 5.65. The third-order valence-corrected chi connectivity index (χ3v) is 2.25. The summed E-state index contributed by atoms with van der Waals surface area (Å²) in [7, 11) is 0. The van der Waals surface area contributed by atoms with Gasteiger partial charge in [0, 0.05) is 5.39 Å². The number of hydrogen-bond acceptors (Lipinski definition) is 1. The molecule has 0 saturated heterocycles. The molecule has 0 aliphatic carbocycles. The van der Waals surface area contributed by atoms with Gasteiger partial charge < -0.3 is 4.42 Å². The van der Waals surface area contributed by atoms with Crippen LogP contribution >= 0.6 is 0 Å². The van der Waals surface area contributed by atoms with Crippen LogP contribution in [0.15, 0.2) is 40.8 Å². The highest BCUT2D eigenvalue weighted by Gasteiger charge is 2.02. The smallest absolute Gasteiger partial charge is 0.134 e. The molecule has 1 heteroatoms. The topological polar surface area (TPSA) is 13.1 Å². The first-order valence-electron chi connectivity index (χ1n) is 4.43. The van der Waals surface area contributed by atoms with Gasteiger partial charge in [0.05, 0.1) is 0 Å². The van der Waals surface area contributed by atoms with Crippen molar-refractivity contribution in [3.63, 3.8) is 0 Å². The van der Waals surface area contributed by atoms with Gasteiger partial charge in [-0.25, -0.2) is 0 Å². The maximum Gasteiger partial charge on any atom is 0.134 e. The van der Waals surface area contributed by atoms with Crippen molar-refractivity contribution in [1.82, 2.24) is 0 Å². The zero-order chi connectivity index (χ0) is 9.26. The Morgan fingerprint density at radius 1 is 1.31 bits per heavy atom. The summed E-state index contributed by atoms with van der Waals surface area (Å²) in [4.78, 5) is 0. The van der Waals surface area contributed by atoms with Crippen LogP contribution in [0.3, 0.4) is 0 Å². The molecule has 1 aromatic carbocycles. The van der Waals surface area contributed by atoms with Crippen LogP contribution in [0.2, 0.25) is 0 Å². The summed E-state index contributed by atoms with van der Waals surface area (Å²) < 4.78 is 5.65. The summed E-state index contributed by atoms with van der Waals surface area (Å²) in [5.41, 5.74) is 2.13. The molecule has 0 aliphatic heterocycles. The van der Waals surface area contributed by atoms with E-state index >= 15 is 0 Å². The molecular formula is C12H12O. The van der Waals surface area contributed by atoms with E-state index in [-0.39, 0.29) is 0 Å². The average Bonchev–Trinajstić information content (AvgIpc) is 2.59. The Kier molecular flexibility index (Phi) is 1.93. The number of furan rings is 1. The number of hydrogen-bond donors (Lipinski definition) is 0. The van der Waals surface area contributed by atoms with E-state index in [1.807, 2.05) is 25.1 Å². The Morgan fingerprint density at radius 3 is 2.77 bits per heavy atom. The van der Waals surface area contributed by atoms with Gasteiger partial charge in [-0.05, 0) is 31.6 Å². The highest BCUT2D eigenvalue weighted by Crippen LogP contribution is 2.23. The molecule has 2 rings (SSSR count). The molecular weight excluding hydrogens is 160 g/mol. The Bertz CT molecular complexity index is 416. The van der Waals surface area contributed by atoms with Gasteiger partial charge in [0.2, 0.25) is 0 Å². The minimum atomic E-state index is 0.957. The lowest BCUT2D eigenvalue weighted by atomic mass is 10.2. The molecule has 0 bridgehead atoms. The number of benzene rings is 1. The summed E-state index contributed by atoms with van der Waals surface area (Å²) in [5.74, 6) is 0.962. The van der Waals surface area contributed by atoms with Crippen molar-refractivity contribution >= 4 is 16.5 Å². The predicted octanol–water partition coefficient (Wildman–Crippen LogP) is 3.86. The average molecular weight is 172 g/mol. The molecule has 0 atom stereocenters. The maximum atomic E-state index is 5.65. The van der Waals surface area contributed by atoms with Crippen LogP contribution in [0.4, 0.5) is 0 Å². The molecule has 66 valence electrons. The van der Waals surface area contributed by atoms with E-state index in [0.717, 1.165) is 11.3 Å². The summed E-state index contributed by atoms with van der Waals surface area (Å²) in [6.07, 6.45) is 2.05. The van der Waals surface area contributed by atoms with Gasteiger partial charge in [0.15, 0.2) is 0 Å². The third-order valence-electron chi connectivity index (χ3n) is 2.25. The summed E-state index contributed by atoms with van der Waals surface area (Å²) >= 11 is 0. The van der Waals surface area contributed by atoms with E-state index in [1.165, 1.54) is 11.0 Å². The summed E-state index contributed by atoms with van der Waals surface area (Å²) in [6, 6.07) is 10.1. The van der Waals surface area contributed by atoms with Crippen molar-refractivity contribution in [1.29, 1.82) is 0 Å². The van der Waals surface area contributed by atoms with Crippen LogP contribution in [-0.2, 0) is 0 Å². The first-order valence-corrected chi connectivity index (χ1v) is 4.43. The molecule has 0 spiro atoms. The lowest BCUT2D eigenvalue weighted by Gasteiger charge is -1.90. The molecule has 1 heterocycles. The fraction of sp³-hybridized carbons (Fsp3) is 0.167. The first kappa shape index (κ1) is 8.11. The normalized spacial score (nSPS) is 12.3. The molecule has 1 aromatic heterocycles. The SMILES string of the molecule is CC=C(C)c1cc2ccccc2o1. The van der Waals surface area contributed by atoms with Crippen molar-refractivity contribution in [3.8, 4) is 0 Å². The van der Waals surface area contributed by atoms with E-state index in [9.17, 15) is 0 Å². The highest BCUT2D eigenvalue weighted by atomic mass is 16.3. The van der Waals surface area contributed by atoms with Gasteiger partial charge in [-0.15, -0.1) is 0 Å². The van der Waals surface area contributed by atoms with E-state index in [4.69, 9.17) is 4.42 Å². The Balaban J connectivity index is 2.62. The minimum Gasteiger partial charge on any atom is -0.456 e. The molecule has 0 unspecified atom stereocenters. The number of para-hydroxylation sites is 1. The van der Waals surface area contributed by atoms with Crippen LogP contribution < -0.4 is 0 Å². The van der Waals surface area contributed by atoms with Crippen LogP contribution in [-0.4, -0.2) is 0 Å². The van der Waals surface area contributed by atoms with Gasteiger partial charge in [0.1, 0.15) is 11.3 Å². The highest BCUT2D eigenvalue weighted by molar-refractivity contribution is 5.81. The summed E-state index contributed by atoms with van der Waals surface area (Å²) in [5, 5.41) is 1.17. The van der Waals surface area contributed by atoms with Gasteiger partial charge in [-0.3, -0.25) is 0 Å². The van der Waals surface area contributed by atoms with Gasteiger partial charge in [0.25, 0.3) is 0 Å². The molecule has 1 nitrogen and oxygen atoms in total. The molecule has 0 radical (unpaired) electrons. The van der Waals surface area contributed by atoms with Crippen molar-refractivity contribution in [3.05, 3.63) is 42.2 Å². The van der Waals surface area contributed by atoms with E-state index in [0.29, 0.717) is 0 Å². The van der Waals surface area contributed by atoms with E-state index in [2.05, 4.69) is 25.1 Å². The van der Waals surface area contributed by atoms with Crippen LogP contribution in [0.1, 0.15) is 19.6 Å². The van der Waals surface area contributed by atoms with Gasteiger partial charge in [-0.1, -0.05) is 24.3 Å². The van der Waals surface area contributed by atoms with Crippen molar-refractivity contribution in [2.24, 2.45) is 0 Å². The Hall–Kier alpha value is -1.50. The standard InChI is InChI=1S/C12H12O/c1-3-9(2)12-8-10-6-4-5-7-11(10)13-12/h3-8H,1-2H3. The second kappa shape index (κ2) is 3.09. The number of rotatable bonds is 1. The minimum absolute atomic E-state index is 0.957. The second-order valence-electron chi connectivity index (χ2n) is 3.12. The Morgan fingerprint density at radius 2 is 2.08 bits per heavy atom. The summed E-state index contributed by atoms with van der Waals surface area (Å²) in [6.45, 7) is 4.07. The molecule has 0 amide bonds. The first-order chi connectivity index (χ1) is 6.31. The number of fused-ring (bicyclic) bond motifs is 1. The third kappa shape index (κ3) is 1.37. The molecule has 0 saturated carbocycles. The van der Waals surface area contributed by atoms with Crippen LogP contribution in [0.25, 0.3) is 16.5 Å². The zero-order valence-corrected chi connectivity index (χ0v) is 7.87.